The maximum absolute atomic E-state index is 12.3. The zero-order valence-corrected chi connectivity index (χ0v) is 21.2. The maximum Gasteiger partial charge on any atom is 0.263 e. The summed E-state index contributed by atoms with van der Waals surface area (Å²) in [5, 5.41) is 4.51. The highest BCUT2D eigenvalue weighted by molar-refractivity contribution is 7.89. The van der Waals surface area contributed by atoms with E-state index < -0.39 is 10.0 Å². The van der Waals surface area contributed by atoms with Gasteiger partial charge in [-0.05, 0) is 50.6 Å². The van der Waals surface area contributed by atoms with Crippen LogP contribution >= 0.6 is 0 Å². The lowest BCUT2D eigenvalue weighted by Gasteiger charge is -2.36. The first-order valence-electron chi connectivity index (χ1n) is 12.0. The van der Waals surface area contributed by atoms with Gasteiger partial charge in [0.15, 0.2) is 11.6 Å². The molecule has 0 amide bonds. The Morgan fingerprint density at radius 3 is 2.67 bits per heavy atom. The number of anilines is 1. The third-order valence-electron chi connectivity index (χ3n) is 6.64. The van der Waals surface area contributed by atoms with Gasteiger partial charge in [0, 0.05) is 31.1 Å². The molecule has 2 aromatic heterocycles. The molecule has 2 saturated heterocycles. The van der Waals surface area contributed by atoms with Gasteiger partial charge in [-0.2, -0.15) is 5.10 Å². The van der Waals surface area contributed by atoms with Gasteiger partial charge in [0.2, 0.25) is 10.0 Å². The molecule has 12 heteroatoms. The van der Waals surface area contributed by atoms with Crippen molar-refractivity contribution in [3.05, 3.63) is 42.4 Å². The topological polar surface area (TPSA) is 137 Å². The third-order valence-corrected chi connectivity index (χ3v) is 8.03. The number of piperidine rings is 1. The number of sulfonamides is 1. The average molecular weight is 514 g/mol. The van der Waals surface area contributed by atoms with Crippen LogP contribution in [0.25, 0.3) is 11.3 Å². The Morgan fingerprint density at radius 2 is 1.97 bits per heavy atom. The largest absolute Gasteiger partial charge is 0.433 e. The van der Waals surface area contributed by atoms with Crippen LogP contribution in [-0.2, 0) is 14.8 Å². The molecule has 5 rings (SSSR count). The number of nitrogens with one attached hydrogen (secondary N) is 1. The number of rotatable bonds is 8. The second-order valence-corrected chi connectivity index (χ2v) is 11.3. The number of aromatic nitrogens is 4. The summed E-state index contributed by atoms with van der Waals surface area (Å²) >= 11 is 0. The molecule has 36 heavy (non-hydrogen) atoms. The van der Waals surface area contributed by atoms with Crippen LogP contribution < -0.4 is 15.2 Å². The van der Waals surface area contributed by atoms with Gasteiger partial charge < -0.3 is 20.1 Å². The molecule has 0 spiro atoms. The molecule has 2 fully saturated rings. The SMILES string of the molecule is CNS(=O)(=O)c1cc(C)cc(-c2cnc(N)c(Oc3cnn(C4CCN(CC5COC5)CC4)c3)n2)c1. The maximum atomic E-state index is 12.3. The standard InChI is InChI=1S/C24H31N7O4S/c1-16-7-18(9-21(8-16)36(32,33)26-2)22-11-27-23(25)24(29-22)35-20-10-28-31(13-20)19-3-5-30(6-4-19)12-17-14-34-15-17/h7-11,13,17,19,26H,3-6,12,14-15H2,1-2H3,(H2,25,27). The fraction of sp³-hybridized carbons (Fsp3) is 0.458. The summed E-state index contributed by atoms with van der Waals surface area (Å²) in [5.74, 6) is 1.47. The van der Waals surface area contributed by atoms with Crippen molar-refractivity contribution < 1.29 is 17.9 Å². The van der Waals surface area contributed by atoms with E-state index in [1.165, 1.54) is 13.2 Å². The molecule has 0 unspecified atom stereocenters. The van der Waals surface area contributed by atoms with Crippen molar-refractivity contribution in [1.82, 2.24) is 29.4 Å². The minimum atomic E-state index is -3.61. The van der Waals surface area contributed by atoms with Gasteiger partial charge in [-0.3, -0.25) is 4.68 Å². The summed E-state index contributed by atoms with van der Waals surface area (Å²) < 4.78 is 40.1. The van der Waals surface area contributed by atoms with Crippen molar-refractivity contribution in [3.63, 3.8) is 0 Å². The fourth-order valence-corrected chi connectivity index (χ4v) is 5.43. The predicted octanol–water partition coefficient (Wildman–Crippen LogP) is 2.21. The van der Waals surface area contributed by atoms with Gasteiger partial charge in [-0.15, -0.1) is 0 Å². The number of nitrogen functional groups attached to an aromatic ring is 1. The van der Waals surface area contributed by atoms with Crippen molar-refractivity contribution in [3.8, 4) is 22.9 Å². The van der Waals surface area contributed by atoms with E-state index in [1.54, 1.807) is 18.3 Å². The number of nitrogens with zero attached hydrogens (tertiary/aromatic N) is 5. The number of likely N-dealkylation sites (tertiary alicyclic amines) is 1. The first-order valence-corrected chi connectivity index (χ1v) is 13.5. The smallest absolute Gasteiger partial charge is 0.263 e. The van der Waals surface area contributed by atoms with Crippen LogP contribution in [0, 0.1) is 12.8 Å². The Balaban J connectivity index is 1.29. The lowest BCUT2D eigenvalue weighted by atomic mass is 10.0. The van der Waals surface area contributed by atoms with Gasteiger partial charge in [0.1, 0.15) is 0 Å². The van der Waals surface area contributed by atoms with Gasteiger partial charge in [-0.1, -0.05) is 0 Å². The molecular formula is C24H31N7O4S. The summed E-state index contributed by atoms with van der Waals surface area (Å²) in [6.07, 6.45) is 7.06. The summed E-state index contributed by atoms with van der Waals surface area (Å²) in [5.41, 5.74) is 7.86. The molecule has 1 aromatic carbocycles. The Bertz CT molecular complexity index is 1330. The first-order chi connectivity index (χ1) is 17.3. The zero-order chi connectivity index (χ0) is 25.3. The number of benzene rings is 1. The monoisotopic (exact) mass is 513 g/mol. The molecule has 2 aliphatic heterocycles. The van der Waals surface area contributed by atoms with Crippen molar-refractivity contribution >= 4 is 15.8 Å². The zero-order valence-electron chi connectivity index (χ0n) is 20.4. The van der Waals surface area contributed by atoms with Crippen LogP contribution in [0.1, 0.15) is 24.4 Å². The number of aryl methyl sites for hydroxylation is 1. The Morgan fingerprint density at radius 1 is 1.19 bits per heavy atom. The van der Waals surface area contributed by atoms with Crippen LogP contribution in [0.15, 0.2) is 41.7 Å². The summed E-state index contributed by atoms with van der Waals surface area (Å²) in [6, 6.07) is 5.29. The van der Waals surface area contributed by atoms with E-state index >= 15 is 0 Å². The number of hydrogen-bond acceptors (Lipinski definition) is 9. The van der Waals surface area contributed by atoms with Crippen LogP contribution in [0.3, 0.4) is 0 Å². The fourth-order valence-electron chi connectivity index (χ4n) is 4.57. The molecule has 0 atom stereocenters. The van der Waals surface area contributed by atoms with Crippen LogP contribution in [0.5, 0.6) is 11.6 Å². The van der Waals surface area contributed by atoms with E-state index in [0.717, 1.165) is 51.3 Å². The van der Waals surface area contributed by atoms with E-state index in [4.69, 9.17) is 15.2 Å². The van der Waals surface area contributed by atoms with E-state index in [-0.39, 0.29) is 16.6 Å². The molecule has 4 heterocycles. The highest BCUT2D eigenvalue weighted by Gasteiger charge is 2.26. The van der Waals surface area contributed by atoms with Gasteiger partial charge in [-0.25, -0.2) is 23.1 Å². The Hall–Kier alpha value is -3.06. The molecule has 2 aliphatic rings. The van der Waals surface area contributed by atoms with Crippen LogP contribution in [0.4, 0.5) is 5.82 Å². The van der Waals surface area contributed by atoms with Gasteiger partial charge in [0.25, 0.3) is 5.88 Å². The first kappa shape index (κ1) is 24.6. The van der Waals surface area contributed by atoms with Crippen LogP contribution in [0.2, 0.25) is 0 Å². The average Bonchev–Trinajstić information content (AvgIpc) is 3.31. The predicted molar refractivity (Wildman–Crippen MR) is 134 cm³/mol. The minimum Gasteiger partial charge on any atom is -0.433 e. The Kier molecular flexibility index (Phi) is 6.93. The molecule has 3 aromatic rings. The summed E-state index contributed by atoms with van der Waals surface area (Å²) in [6.45, 7) is 6.78. The highest BCUT2D eigenvalue weighted by atomic mass is 32.2. The molecule has 192 valence electrons. The number of nitrogens with two attached hydrogens (primary N) is 1. The molecule has 0 bridgehead atoms. The minimum absolute atomic E-state index is 0.135. The van der Waals surface area contributed by atoms with Gasteiger partial charge >= 0.3 is 0 Å². The van der Waals surface area contributed by atoms with E-state index in [2.05, 4.69) is 24.7 Å². The quantitative estimate of drug-likeness (QED) is 0.464. The summed E-state index contributed by atoms with van der Waals surface area (Å²) in [7, 11) is -2.23. The molecule has 3 N–H and O–H groups in total. The highest BCUT2D eigenvalue weighted by Crippen LogP contribution is 2.30. The van der Waals surface area contributed by atoms with E-state index in [0.29, 0.717) is 29.0 Å². The number of ether oxygens (including phenoxy) is 2. The lowest BCUT2D eigenvalue weighted by Crippen LogP contribution is -2.43. The lowest BCUT2D eigenvalue weighted by molar-refractivity contribution is -0.0495. The Labute approximate surface area is 210 Å². The molecular weight excluding hydrogens is 482 g/mol. The van der Waals surface area contributed by atoms with Crippen LogP contribution in [-0.4, -0.2) is 73.0 Å². The normalized spacial score (nSPS) is 17.7. The van der Waals surface area contributed by atoms with Gasteiger partial charge in [0.05, 0.1) is 48.4 Å². The van der Waals surface area contributed by atoms with E-state index in [1.807, 2.05) is 23.9 Å². The summed E-state index contributed by atoms with van der Waals surface area (Å²) in [4.78, 5) is 11.4. The third kappa shape index (κ3) is 5.36. The van der Waals surface area contributed by atoms with E-state index in [9.17, 15) is 8.42 Å². The molecule has 0 saturated carbocycles. The second kappa shape index (κ2) is 10.1. The van der Waals surface area contributed by atoms with Crippen molar-refractivity contribution in [2.24, 2.45) is 5.92 Å². The van der Waals surface area contributed by atoms with Crippen molar-refractivity contribution in [1.29, 1.82) is 0 Å². The van der Waals surface area contributed by atoms with Crippen molar-refractivity contribution in [2.75, 3.05) is 45.6 Å². The number of hydrogen-bond donors (Lipinski definition) is 2. The van der Waals surface area contributed by atoms with Crippen molar-refractivity contribution in [2.45, 2.75) is 30.7 Å². The molecule has 0 radical (unpaired) electrons. The molecule has 11 nitrogen and oxygen atoms in total. The molecule has 0 aliphatic carbocycles. The second-order valence-electron chi connectivity index (χ2n) is 9.38.